The van der Waals surface area contributed by atoms with Gasteiger partial charge < -0.3 is 5.11 Å². The van der Waals surface area contributed by atoms with Crippen LogP contribution in [0.2, 0.25) is 0 Å². The molecule has 1 atom stereocenters. The first-order valence-corrected chi connectivity index (χ1v) is 27.8. The molecule has 0 rings (SSSR count). The SMILES string of the molecule is CCCCCCCCCCCCCCC(CCCCCCCCCCC)C(CCCCCCCCCCCCCC)(CCCCCCCCCCCCCC)C(=O)O. The van der Waals surface area contributed by atoms with E-state index in [-0.39, 0.29) is 0 Å². The van der Waals surface area contributed by atoms with Gasteiger partial charge in [-0.2, -0.15) is 0 Å². The van der Waals surface area contributed by atoms with Crippen molar-refractivity contribution in [3.05, 3.63) is 0 Å². The van der Waals surface area contributed by atoms with Gasteiger partial charge in [-0.15, -0.1) is 0 Å². The lowest BCUT2D eigenvalue weighted by atomic mass is 9.65. The third-order valence-electron chi connectivity index (χ3n) is 14.2. The average Bonchev–Trinajstić information content (AvgIpc) is 3.22. The molecule has 0 spiro atoms. The van der Waals surface area contributed by atoms with E-state index in [1.807, 2.05) is 0 Å². The van der Waals surface area contributed by atoms with Crippen molar-refractivity contribution >= 4 is 5.97 Å². The summed E-state index contributed by atoms with van der Waals surface area (Å²) in [5.41, 5.74) is -0.505. The van der Waals surface area contributed by atoms with Crippen LogP contribution in [0.4, 0.5) is 0 Å². The number of carbonyl (C=O) groups is 1. The van der Waals surface area contributed by atoms with Gasteiger partial charge in [0, 0.05) is 0 Å². The molecule has 2 heteroatoms. The standard InChI is InChI=1S/C56H112O2/c1-5-9-13-17-21-25-28-31-35-39-43-47-51-54(50-46-42-38-34-24-20-16-12-8-4)56(55(57)58,52-48-44-40-36-32-29-26-22-18-14-10-6-2)53-49-45-41-37-33-30-27-23-19-15-11-7-3/h54H,5-53H2,1-4H3,(H,57,58). The Hall–Kier alpha value is -0.530. The molecule has 0 aliphatic rings. The normalized spacial score (nSPS) is 12.5. The topological polar surface area (TPSA) is 37.3 Å². The van der Waals surface area contributed by atoms with Gasteiger partial charge in [0.05, 0.1) is 5.41 Å². The molecule has 0 bridgehead atoms. The Morgan fingerprint density at radius 1 is 0.293 bits per heavy atom. The van der Waals surface area contributed by atoms with E-state index >= 15 is 0 Å². The third kappa shape index (κ3) is 37.2. The number of rotatable bonds is 51. The summed E-state index contributed by atoms with van der Waals surface area (Å²) < 4.78 is 0. The summed E-state index contributed by atoms with van der Waals surface area (Å²) in [6, 6.07) is 0. The molecular weight excluding hydrogens is 705 g/mol. The van der Waals surface area contributed by atoms with Crippen molar-refractivity contribution in [1.29, 1.82) is 0 Å². The van der Waals surface area contributed by atoms with Crippen LogP contribution in [-0.4, -0.2) is 11.1 Å². The molecule has 0 aromatic heterocycles. The quantitative estimate of drug-likeness (QED) is 0.0621. The summed E-state index contributed by atoms with van der Waals surface area (Å²) in [5, 5.41) is 11.3. The van der Waals surface area contributed by atoms with Crippen molar-refractivity contribution in [2.24, 2.45) is 11.3 Å². The molecule has 0 saturated heterocycles. The highest BCUT2D eigenvalue weighted by Gasteiger charge is 2.43. The van der Waals surface area contributed by atoms with Gasteiger partial charge in [0.2, 0.25) is 0 Å². The van der Waals surface area contributed by atoms with Gasteiger partial charge in [0.15, 0.2) is 0 Å². The second-order valence-electron chi connectivity index (χ2n) is 19.7. The summed E-state index contributed by atoms with van der Waals surface area (Å²) >= 11 is 0. The van der Waals surface area contributed by atoms with Crippen LogP contribution in [0.25, 0.3) is 0 Å². The molecule has 0 aliphatic carbocycles. The van der Waals surface area contributed by atoms with Crippen molar-refractivity contribution in [3.8, 4) is 0 Å². The lowest BCUT2D eigenvalue weighted by Crippen LogP contribution is -2.39. The zero-order chi connectivity index (χ0) is 42.3. The Morgan fingerprint density at radius 2 is 0.466 bits per heavy atom. The van der Waals surface area contributed by atoms with E-state index in [2.05, 4.69) is 27.7 Å². The summed E-state index contributed by atoms with van der Waals surface area (Å²) in [6.07, 6.45) is 65.1. The van der Waals surface area contributed by atoms with Crippen LogP contribution >= 0.6 is 0 Å². The van der Waals surface area contributed by atoms with Crippen molar-refractivity contribution < 1.29 is 9.90 Å². The predicted molar refractivity (Wildman–Crippen MR) is 262 cm³/mol. The maximum atomic E-state index is 13.7. The van der Waals surface area contributed by atoms with Crippen LogP contribution < -0.4 is 0 Å². The van der Waals surface area contributed by atoms with E-state index in [4.69, 9.17) is 0 Å². The summed E-state index contributed by atoms with van der Waals surface area (Å²) in [7, 11) is 0. The lowest BCUT2D eigenvalue weighted by Gasteiger charge is -2.38. The number of carboxylic acid groups (broad SMARTS) is 1. The second kappa shape index (κ2) is 47.5. The average molecular weight is 818 g/mol. The van der Waals surface area contributed by atoms with Crippen LogP contribution in [0.3, 0.4) is 0 Å². The fourth-order valence-electron chi connectivity index (χ4n) is 10.1. The van der Waals surface area contributed by atoms with Crippen LogP contribution in [0.5, 0.6) is 0 Å². The van der Waals surface area contributed by atoms with Crippen molar-refractivity contribution in [1.82, 2.24) is 0 Å². The van der Waals surface area contributed by atoms with Crippen LogP contribution in [-0.2, 0) is 4.79 Å². The van der Waals surface area contributed by atoms with Gasteiger partial charge in [-0.05, 0) is 31.6 Å². The van der Waals surface area contributed by atoms with Gasteiger partial charge in [-0.25, -0.2) is 0 Å². The number of unbranched alkanes of at least 4 members (excludes halogenated alkanes) is 41. The number of hydrogen-bond donors (Lipinski definition) is 1. The molecule has 0 saturated carbocycles. The van der Waals surface area contributed by atoms with Gasteiger partial charge in [-0.3, -0.25) is 4.79 Å². The van der Waals surface area contributed by atoms with E-state index in [1.165, 1.54) is 276 Å². The molecule has 0 aromatic carbocycles. The number of hydrogen-bond acceptors (Lipinski definition) is 1. The molecule has 0 heterocycles. The molecule has 0 radical (unpaired) electrons. The van der Waals surface area contributed by atoms with Gasteiger partial charge in [-0.1, -0.05) is 317 Å². The summed E-state index contributed by atoms with van der Waals surface area (Å²) in [6.45, 7) is 9.22. The number of aliphatic carboxylic acids is 1. The Balaban J connectivity index is 5.27. The first kappa shape index (κ1) is 57.5. The maximum absolute atomic E-state index is 13.7. The molecule has 348 valence electrons. The Kier molecular flexibility index (Phi) is 47.1. The van der Waals surface area contributed by atoms with Crippen LogP contribution in [0, 0.1) is 11.3 Å². The van der Waals surface area contributed by atoms with E-state index < -0.39 is 11.4 Å². The van der Waals surface area contributed by atoms with Gasteiger partial charge in [0.1, 0.15) is 0 Å². The van der Waals surface area contributed by atoms with Crippen molar-refractivity contribution in [2.45, 2.75) is 342 Å². The molecule has 58 heavy (non-hydrogen) atoms. The number of carboxylic acids is 1. The third-order valence-corrected chi connectivity index (χ3v) is 14.2. The minimum absolute atomic E-state index is 0.359. The maximum Gasteiger partial charge on any atom is 0.309 e. The molecule has 0 fully saturated rings. The summed E-state index contributed by atoms with van der Waals surface area (Å²) in [4.78, 5) is 13.7. The molecule has 0 amide bonds. The van der Waals surface area contributed by atoms with E-state index in [9.17, 15) is 9.90 Å². The highest BCUT2D eigenvalue weighted by Crippen LogP contribution is 2.45. The highest BCUT2D eigenvalue weighted by molar-refractivity contribution is 5.75. The van der Waals surface area contributed by atoms with E-state index in [0.717, 1.165) is 38.5 Å². The van der Waals surface area contributed by atoms with Crippen molar-refractivity contribution in [2.75, 3.05) is 0 Å². The Morgan fingerprint density at radius 3 is 0.655 bits per heavy atom. The largest absolute Gasteiger partial charge is 0.481 e. The molecule has 2 nitrogen and oxygen atoms in total. The second-order valence-corrected chi connectivity index (χ2v) is 19.7. The van der Waals surface area contributed by atoms with Crippen molar-refractivity contribution in [3.63, 3.8) is 0 Å². The molecule has 0 aromatic rings. The predicted octanol–water partition coefficient (Wildman–Crippen LogP) is 20.9. The molecular formula is C56H112O2. The summed E-state index contributed by atoms with van der Waals surface area (Å²) in [5.74, 6) is -0.0726. The van der Waals surface area contributed by atoms with E-state index in [1.54, 1.807) is 0 Å². The Bertz CT molecular complexity index is 747. The molecule has 0 aliphatic heterocycles. The highest BCUT2D eigenvalue weighted by atomic mass is 16.4. The smallest absolute Gasteiger partial charge is 0.309 e. The van der Waals surface area contributed by atoms with Gasteiger partial charge in [0.25, 0.3) is 0 Å². The zero-order valence-electron chi connectivity index (χ0n) is 41.1. The molecule has 1 unspecified atom stereocenters. The minimum atomic E-state index is -0.505. The zero-order valence-corrected chi connectivity index (χ0v) is 41.1. The fourth-order valence-corrected chi connectivity index (χ4v) is 10.1. The van der Waals surface area contributed by atoms with Gasteiger partial charge >= 0.3 is 5.97 Å². The lowest BCUT2D eigenvalue weighted by molar-refractivity contribution is -0.155. The monoisotopic (exact) mass is 817 g/mol. The van der Waals surface area contributed by atoms with Crippen LogP contribution in [0.15, 0.2) is 0 Å². The van der Waals surface area contributed by atoms with E-state index in [0.29, 0.717) is 5.92 Å². The first-order valence-electron chi connectivity index (χ1n) is 27.8. The first-order chi connectivity index (χ1) is 28.6. The molecule has 1 N–H and O–H groups in total. The fraction of sp³-hybridized carbons (Fsp3) is 0.982. The minimum Gasteiger partial charge on any atom is -0.481 e. The van der Waals surface area contributed by atoms with Crippen LogP contribution in [0.1, 0.15) is 342 Å². The Labute approximate surface area is 368 Å².